The fraction of sp³-hybridized carbons (Fsp3) is 0.467. The third-order valence-electron chi connectivity index (χ3n) is 18.1. The standard InChI is InChI=1S/C60H67F2N9O10S/c1-35(2)80-52-7-5-4-6-43(52)51-32-68(56-36(3)24-39(61)26-45(56)62)19-20-69(51)41-30-60(31-41)14-17-67(18-15-60)40-8-9-44(48(27-40)70-47-13-23-78-34-54(47)81-59-50(70)25-38-10-16-63-57(38)65-59)58(72)66-82(75,76)42-28-49(71(73)74)55-53(29-42)79-33-46(64-55)37-11-21-77-22-12-37/h4-10,16,24-29,35,37,41,46-47,51,54,64H,11-15,17-23,30-34H2,1-3H3,(H,63,65)(H,66,72)/t46-,47-,51-,54-/m0/s1. The summed E-state index contributed by atoms with van der Waals surface area (Å²) in [5, 5.41) is 16.7. The number of fused-ring (bicyclic) bond motifs is 4. The summed E-state index contributed by atoms with van der Waals surface area (Å²) in [6.45, 7) is 11.0. The van der Waals surface area contributed by atoms with Gasteiger partial charge in [0.2, 0.25) is 5.88 Å². The average molecular weight is 1140 g/mol. The van der Waals surface area contributed by atoms with Gasteiger partial charge in [0.25, 0.3) is 21.6 Å². The Labute approximate surface area is 474 Å². The molecule has 1 aliphatic carbocycles. The summed E-state index contributed by atoms with van der Waals surface area (Å²) in [4.78, 5) is 43.4. The van der Waals surface area contributed by atoms with Crippen molar-refractivity contribution in [3.63, 3.8) is 0 Å². The zero-order valence-electron chi connectivity index (χ0n) is 46.1. The van der Waals surface area contributed by atoms with E-state index >= 15 is 4.39 Å². The number of aryl methyl sites for hydroxylation is 1. The topological polar surface area (TPSA) is 206 Å². The molecule has 0 unspecified atom stereocenters. The van der Waals surface area contributed by atoms with Crippen molar-refractivity contribution in [2.24, 2.45) is 11.3 Å². The molecule has 4 saturated heterocycles. The summed E-state index contributed by atoms with van der Waals surface area (Å²) >= 11 is 0. The van der Waals surface area contributed by atoms with E-state index in [0.29, 0.717) is 80.0 Å². The second-order valence-electron chi connectivity index (χ2n) is 23.4. The number of pyridine rings is 1. The van der Waals surface area contributed by atoms with Gasteiger partial charge in [0.1, 0.15) is 41.4 Å². The number of ether oxygens (including phenoxy) is 5. The van der Waals surface area contributed by atoms with Gasteiger partial charge in [0, 0.05) is 99.6 Å². The van der Waals surface area contributed by atoms with Crippen LogP contribution in [-0.4, -0.2) is 130 Å². The molecule has 22 heteroatoms. The number of benzene rings is 4. The number of aromatic amines is 1. The molecule has 6 aromatic rings. The molecule has 8 heterocycles. The van der Waals surface area contributed by atoms with Crippen LogP contribution in [0.15, 0.2) is 90.0 Å². The Morgan fingerprint density at radius 2 is 1.71 bits per heavy atom. The Bertz CT molecular complexity index is 3540. The number of nitro benzene ring substituents is 1. The van der Waals surface area contributed by atoms with Crippen molar-refractivity contribution in [2.45, 2.75) is 107 Å². The maximum absolute atomic E-state index is 15.6. The lowest BCUT2D eigenvalue weighted by Gasteiger charge is -2.58. The van der Waals surface area contributed by atoms with Crippen molar-refractivity contribution in [3.05, 3.63) is 123 Å². The monoisotopic (exact) mass is 1140 g/mol. The summed E-state index contributed by atoms with van der Waals surface area (Å²) < 4.78 is 91.5. The summed E-state index contributed by atoms with van der Waals surface area (Å²) in [7, 11) is -4.74. The molecule has 4 atom stereocenters. The van der Waals surface area contributed by atoms with Crippen molar-refractivity contribution in [3.8, 4) is 17.4 Å². The van der Waals surface area contributed by atoms with Crippen LogP contribution in [0.4, 0.5) is 42.9 Å². The second kappa shape index (κ2) is 21.5. The number of amides is 1. The number of piperidine rings is 1. The normalized spacial score (nSPS) is 23.0. The number of halogens is 2. The number of carbonyl (C=O) groups excluding carboxylic acids is 1. The van der Waals surface area contributed by atoms with Gasteiger partial charge >= 0.3 is 0 Å². The summed E-state index contributed by atoms with van der Waals surface area (Å²) in [5.41, 5.74) is 4.29. The highest BCUT2D eigenvalue weighted by Gasteiger charge is 2.51. The molecule has 1 amide bonds. The predicted octanol–water partition coefficient (Wildman–Crippen LogP) is 9.56. The molecule has 19 nitrogen and oxygen atoms in total. The largest absolute Gasteiger partial charge is 0.491 e. The van der Waals surface area contributed by atoms with Crippen LogP contribution in [-0.2, 0) is 19.5 Å². The van der Waals surface area contributed by atoms with Crippen LogP contribution in [0.2, 0.25) is 0 Å². The van der Waals surface area contributed by atoms with Crippen LogP contribution >= 0.6 is 0 Å². The number of H-pyrrole nitrogens is 1. The number of para-hydroxylation sites is 1. The number of rotatable bonds is 12. The van der Waals surface area contributed by atoms with Crippen LogP contribution in [0.3, 0.4) is 0 Å². The van der Waals surface area contributed by atoms with Crippen molar-refractivity contribution >= 4 is 61.1 Å². The molecule has 4 aromatic carbocycles. The number of nitrogens with one attached hydrogen (secondary N) is 3. The molecule has 82 heavy (non-hydrogen) atoms. The number of piperazine rings is 1. The fourth-order valence-electron chi connectivity index (χ4n) is 14.0. The van der Waals surface area contributed by atoms with E-state index in [4.69, 9.17) is 28.7 Å². The molecule has 13 rings (SSSR count). The number of anilines is 5. The Morgan fingerprint density at radius 3 is 2.49 bits per heavy atom. The van der Waals surface area contributed by atoms with Crippen LogP contribution in [0, 0.1) is 40.0 Å². The molecule has 6 aliphatic heterocycles. The summed E-state index contributed by atoms with van der Waals surface area (Å²) in [6.07, 6.45) is 7.09. The zero-order valence-corrected chi connectivity index (χ0v) is 46.9. The zero-order chi connectivity index (χ0) is 56.6. The molecule has 1 saturated carbocycles. The molecule has 0 bridgehead atoms. The Balaban J connectivity index is 0.783. The molecule has 3 N–H and O–H groups in total. The number of nitro groups is 1. The van der Waals surface area contributed by atoms with Gasteiger partial charge in [-0.15, -0.1) is 0 Å². The van der Waals surface area contributed by atoms with E-state index in [1.165, 1.54) is 12.1 Å². The van der Waals surface area contributed by atoms with Gasteiger partial charge in [0.05, 0.1) is 57.6 Å². The van der Waals surface area contributed by atoms with Gasteiger partial charge in [-0.1, -0.05) is 18.2 Å². The highest BCUT2D eigenvalue weighted by atomic mass is 32.2. The molecule has 5 fully saturated rings. The third-order valence-corrected chi connectivity index (χ3v) is 19.4. The first-order valence-corrected chi connectivity index (χ1v) is 30.1. The Morgan fingerprint density at radius 1 is 0.915 bits per heavy atom. The van der Waals surface area contributed by atoms with Gasteiger partial charge in [-0.05, 0) is 125 Å². The van der Waals surface area contributed by atoms with E-state index < -0.39 is 49.2 Å². The fourth-order valence-corrected chi connectivity index (χ4v) is 15.0. The molecule has 432 valence electrons. The van der Waals surface area contributed by atoms with E-state index in [1.54, 1.807) is 19.2 Å². The predicted molar refractivity (Wildman–Crippen MR) is 304 cm³/mol. The van der Waals surface area contributed by atoms with Gasteiger partial charge in [-0.3, -0.25) is 19.8 Å². The Kier molecular flexibility index (Phi) is 14.2. The van der Waals surface area contributed by atoms with E-state index in [1.807, 2.05) is 61.2 Å². The van der Waals surface area contributed by atoms with Gasteiger partial charge in [0.15, 0.2) is 11.4 Å². The molecular formula is C60H67F2N9O10S. The maximum Gasteiger partial charge on any atom is 0.297 e. The molecule has 7 aliphatic rings. The van der Waals surface area contributed by atoms with Crippen molar-refractivity contribution < 1.29 is 50.6 Å². The minimum absolute atomic E-state index is 0.00608. The van der Waals surface area contributed by atoms with Crippen molar-refractivity contribution in [1.29, 1.82) is 0 Å². The van der Waals surface area contributed by atoms with Crippen molar-refractivity contribution in [2.75, 3.05) is 85.8 Å². The van der Waals surface area contributed by atoms with E-state index in [2.05, 4.69) is 35.8 Å². The van der Waals surface area contributed by atoms with Gasteiger partial charge in [-0.2, -0.15) is 4.98 Å². The average Bonchev–Trinajstić information content (AvgIpc) is 4.05. The number of carbonyl (C=O) groups is 1. The summed E-state index contributed by atoms with van der Waals surface area (Å²) in [6, 6.07) is 21.6. The van der Waals surface area contributed by atoms with E-state index in [-0.39, 0.29) is 71.8 Å². The number of hydrogen-bond acceptors (Lipinski definition) is 16. The lowest BCUT2D eigenvalue weighted by atomic mass is 9.59. The molecular weight excluding hydrogens is 1080 g/mol. The smallest absolute Gasteiger partial charge is 0.297 e. The second-order valence-corrected chi connectivity index (χ2v) is 25.1. The minimum atomic E-state index is -4.74. The third kappa shape index (κ3) is 10.1. The molecule has 2 aromatic heterocycles. The highest BCUT2D eigenvalue weighted by Crippen LogP contribution is 2.54. The first-order chi connectivity index (χ1) is 39.6. The number of nitrogens with zero attached hydrogens (tertiary/aromatic N) is 6. The van der Waals surface area contributed by atoms with Crippen LogP contribution in [0.25, 0.3) is 11.0 Å². The quantitative estimate of drug-likeness (QED) is 0.0770. The molecule has 0 radical (unpaired) electrons. The van der Waals surface area contributed by atoms with Crippen LogP contribution in [0.5, 0.6) is 17.4 Å². The minimum Gasteiger partial charge on any atom is -0.491 e. The molecule has 1 spiro atoms. The number of hydrogen-bond donors (Lipinski definition) is 3. The van der Waals surface area contributed by atoms with Crippen LogP contribution < -0.4 is 38.9 Å². The van der Waals surface area contributed by atoms with Crippen LogP contribution in [0.1, 0.15) is 86.3 Å². The number of sulfonamides is 1. The highest BCUT2D eigenvalue weighted by molar-refractivity contribution is 7.90. The SMILES string of the molecule is Cc1cc(F)cc(F)c1N1CCN(C2CC3(CCN(c4ccc(C(=O)NS(=O)(=O)c5cc6c(c([N+](=O)[O-])c5)N[C@H](C5CCOCC5)CO6)c(N5c6cc7cc[nH]c7nc6O[C@H]6COCC[C@@H]65)c4)CC3)C2)[C@H](c2ccccc2OC(C)C)C1. The lowest BCUT2D eigenvalue weighted by Crippen LogP contribution is -2.60. The first kappa shape index (κ1) is 54.0. The Hall–Kier alpha value is -7.27. The van der Waals surface area contributed by atoms with Gasteiger partial charge < -0.3 is 48.7 Å². The van der Waals surface area contributed by atoms with Gasteiger partial charge in [-0.25, -0.2) is 21.9 Å². The number of aromatic nitrogens is 2. The first-order valence-electron chi connectivity index (χ1n) is 28.6. The van der Waals surface area contributed by atoms with E-state index in [9.17, 15) is 27.7 Å². The summed E-state index contributed by atoms with van der Waals surface area (Å²) in [5.74, 6) is -0.804. The lowest BCUT2D eigenvalue weighted by molar-refractivity contribution is -0.384. The van der Waals surface area contributed by atoms with E-state index in [0.717, 1.165) is 86.1 Å². The maximum atomic E-state index is 15.6. The van der Waals surface area contributed by atoms with Crippen molar-refractivity contribution in [1.82, 2.24) is 19.6 Å².